The van der Waals surface area contributed by atoms with Gasteiger partial charge in [0.2, 0.25) is 0 Å². The largest absolute Gasteiger partial charge is 0.329 e. The van der Waals surface area contributed by atoms with Crippen molar-refractivity contribution in [2.24, 2.45) is 11.1 Å². The molecule has 2 nitrogen and oxygen atoms in total. The van der Waals surface area contributed by atoms with E-state index in [1.165, 1.54) is 19.3 Å². The number of nitrogens with two attached hydrogens (primary N) is 1. The molecule has 11 heavy (non-hydrogen) atoms. The highest BCUT2D eigenvalue weighted by molar-refractivity contribution is 4.85. The van der Waals surface area contributed by atoms with Crippen LogP contribution in [0.5, 0.6) is 0 Å². The molecule has 2 unspecified atom stereocenters. The first-order chi connectivity index (χ1) is 5.20. The highest BCUT2D eigenvalue weighted by Gasteiger charge is 2.27. The van der Waals surface area contributed by atoms with E-state index in [0.717, 1.165) is 13.1 Å². The van der Waals surface area contributed by atoms with E-state index in [9.17, 15) is 0 Å². The molecule has 3 N–H and O–H groups in total. The maximum absolute atomic E-state index is 5.57. The predicted molar refractivity (Wildman–Crippen MR) is 48.5 cm³/mol. The SMILES string of the molecule is CCC1(C)CCC(CN)NC1. The Kier molecular flexibility index (Phi) is 2.90. The van der Waals surface area contributed by atoms with Crippen LogP contribution in [-0.4, -0.2) is 19.1 Å². The smallest absolute Gasteiger partial charge is 0.0190 e. The van der Waals surface area contributed by atoms with Gasteiger partial charge in [0.15, 0.2) is 0 Å². The molecule has 0 amide bonds. The molecule has 1 aliphatic heterocycles. The minimum absolute atomic E-state index is 0.533. The molecule has 1 aliphatic rings. The third-order valence-electron chi connectivity index (χ3n) is 3.05. The lowest BCUT2D eigenvalue weighted by molar-refractivity contribution is 0.195. The van der Waals surface area contributed by atoms with Gasteiger partial charge in [-0.1, -0.05) is 13.8 Å². The zero-order valence-corrected chi connectivity index (χ0v) is 7.69. The molecule has 0 bridgehead atoms. The summed E-state index contributed by atoms with van der Waals surface area (Å²) >= 11 is 0. The van der Waals surface area contributed by atoms with Gasteiger partial charge in [0, 0.05) is 19.1 Å². The molecular formula is C9H20N2. The van der Waals surface area contributed by atoms with Crippen molar-refractivity contribution in [3.63, 3.8) is 0 Å². The Labute approximate surface area is 69.5 Å². The van der Waals surface area contributed by atoms with E-state index in [4.69, 9.17) is 5.73 Å². The number of nitrogens with one attached hydrogen (secondary N) is 1. The minimum atomic E-state index is 0.533. The Hall–Kier alpha value is -0.0800. The fraction of sp³-hybridized carbons (Fsp3) is 1.00. The first-order valence-corrected chi connectivity index (χ1v) is 4.63. The summed E-state index contributed by atoms with van der Waals surface area (Å²) < 4.78 is 0. The molecule has 0 aromatic carbocycles. The standard InChI is InChI=1S/C9H20N2/c1-3-9(2)5-4-8(6-10)11-7-9/h8,11H,3-7,10H2,1-2H3. The van der Waals surface area contributed by atoms with Crippen LogP contribution >= 0.6 is 0 Å². The molecule has 0 radical (unpaired) electrons. The average molecular weight is 156 g/mol. The Morgan fingerprint density at radius 2 is 2.36 bits per heavy atom. The molecule has 1 heterocycles. The average Bonchev–Trinajstić information content (AvgIpc) is 2.06. The third kappa shape index (κ3) is 2.17. The van der Waals surface area contributed by atoms with Gasteiger partial charge in [0.05, 0.1) is 0 Å². The summed E-state index contributed by atoms with van der Waals surface area (Å²) in [6, 6.07) is 0.578. The van der Waals surface area contributed by atoms with Gasteiger partial charge in [0.25, 0.3) is 0 Å². The van der Waals surface area contributed by atoms with E-state index in [0.29, 0.717) is 11.5 Å². The van der Waals surface area contributed by atoms with Crippen LogP contribution in [0.25, 0.3) is 0 Å². The highest BCUT2D eigenvalue weighted by Crippen LogP contribution is 2.30. The van der Waals surface area contributed by atoms with E-state index in [2.05, 4.69) is 19.2 Å². The molecule has 0 aliphatic carbocycles. The van der Waals surface area contributed by atoms with Crippen molar-refractivity contribution in [3.05, 3.63) is 0 Å². The summed E-state index contributed by atoms with van der Waals surface area (Å²) in [5, 5.41) is 3.49. The molecule has 1 saturated heterocycles. The van der Waals surface area contributed by atoms with Crippen LogP contribution < -0.4 is 11.1 Å². The second-order valence-electron chi connectivity index (χ2n) is 4.02. The van der Waals surface area contributed by atoms with E-state index < -0.39 is 0 Å². The second kappa shape index (κ2) is 3.55. The van der Waals surface area contributed by atoms with Crippen LogP contribution in [0.4, 0.5) is 0 Å². The highest BCUT2D eigenvalue weighted by atomic mass is 15.0. The van der Waals surface area contributed by atoms with Gasteiger partial charge in [-0.2, -0.15) is 0 Å². The second-order valence-corrected chi connectivity index (χ2v) is 4.02. The molecule has 0 aromatic heterocycles. The lowest BCUT2D eigenvalue weighted by atomic mass is 9.78. The van der Waals surface area contributed by atoms with E-state index in [-0.39, 0.29) is 0 Å². The summed E-state index contributed by atoms with van der Waals surface area (Å²) in [4.78, 5) is 0. The van der Waals surface area contributed by atoms with Crippen LogP contribution in [0.2, 0.25) is 0 Å². The molecule has 0 spiro atoms. The Balaban J connectivity index is 2.35. The van der Waals surface area contributed by atoms with Crippen molar-refractivity contribution in [2.45, 2.75) is 39.2 Å². The molecular weight excluding hydrogens is 136 g/mol. The first-order valence-electron chi connectivity index (χ1n) is 4.63. The molecule has 0 saturated carbocycles. The minimum Gasteiger partial charge on any atom is -0.329 e. The molecule has 2 heteroatoms. The number of hydrogen-bond donors (Lipinski definition) is 2. The van der Waals surface area contributed by atoms with Crippen LogP contribution in [-0.2, 0) is 0 Å². The zero-order chi connectivity index (χ0) is 8.32. The number of rotatable bonds is 2. The van der Waals surface area contributed by atoms with Crippen LogP contribution in [0.3, 0.4) is 0 Å². The number of hydrogen-bond acceptors (Lipinski definition) is 2. The Morgan fingerprint density at radius 1 is 1.64 bits per heavy atom. The van der Waals surface area contributed by atoms with Crippen molar-refractivity contribution in [2.75, 3.05) is 13.1 Å². The van der Waals surface area contributed by atoms with Crippen LogP contribution in [0.1, 0.15) is 33.1 Å². The van der Waals surface area contributed by atoms with Crippen molar-refractivity contribution >= 4 is 0 Å². The maximum atomic E-state index is 5.57. The zero-order valence-electron chi connectivity index (χ0n) is 7.69. The van der Waals surface area contributed by atoms with Crippen molar-refractivity contribution in [1.82, 2.24) is 5.32 Å². The van der Waals surface area contributed by atoms with Gasteiger partial charge in [-0.3, -0.25) is 0 Å². The number of piperidine rings is 1. The quantitative estimate of drug-likeness (QED) is 0.628. The van der Waals surface area contributed by atoms with Gasteiger partial charge < -0.3 is 11.1 Å². The summed E-state index contributed by atoms with van der Waals surface area (Å²) in [6.07, 6.45) is 3.86. The molecule has 2 atom stereocenters. The molecule has 0 aromatic rings. The van der Waals surface area contributed by atoms with Crippen molar-refractivity contribution in [3.8, 4) is 0 Å². The van der Waals surface area contributed by atoms with Gasteiger partial charge in [-0.15, -0.1) is 0 Å². The van der Waals surface area contributed by atoms with Crippen molar-refractivity contribution in [1.29, 1.82) is 0 Å². The summed E-state index contributed by atoms with van der Waals surface area (Å²) in [6.45, 7) is 6.56. The monoisotopic (exact) mass is 156 g/mol. The van der Waals surface area contributed by atoms with Gasteiger partial charge in [0.1, 0.15) is 0 Å². The maximum Gasteiger partial charge on any atom is 0.0190 e. The summed E-state index contributed by atoms with van der Waals surface area (Å²) in [5.74, 6) is 0. The van der Waals surface area contributed by atoms with Gasteiger partial charge in [-0.25, -0.2) is 0 Å². The fourth-order valence-corrected chi connectivity index (χ4v) is 1.61. The van der Waals surface area contributed by atoms with Gasteiger partial charge >= 0.3 is 0 Å². The van der Waals surface area contributed by atoms with Crippen molar-refractivity contribution < 1.29 is 0 Å². The van der Waals surface area contributed by atoms with E-state index in [1.807, 2.05) is 0 Å². The van der Waals surface area contributed by atoms with E-state index >= 15 is 0 Å². The lowest BCUT2D eigenvalue weighted by Crippen LogP contribution is -2.47. The first kappa shape index (κ1) is 9.01. The molecule has 1 fully saturated rings. The lowest BCUT2D eigenvalue weighted by Gasteiger charge is -2.37. The summed E-state index contributed by atoms with van der Waals surface area (Å²) in [5.41, 5.74) is 6.10. The Bertz CT molecular complexity index is 115. The summed E-state index contributed by atoms with van der Waals surface area (Å²) in [7, 11) is 0. The topological polar surface area (TPSA) is 38.0 Å². The van der Waals surface area contributed by atoms with Crippen LogP contribution in [0, 0.1) is 5.41 Å². The van der Waals surface area contributed by atoms with Crippen LogP contribution in [0.15, 0.2) is 0 Å². The fourth-order valence-electron chi connectivity index (χ4n) is 1.61. The third-order valence-corrected chi connectivity index (χ3v) is 3.05. The predicted octanol–water partition coefficient (Wildman–Crippen LogP) is 1.11. The Morgan fingerprint density at radius 3 is 2.73 bits per heavy atom. The van der Waals surface area contributed by atoms with Gasteiger partial charge in [-0.05, 0) is 24.7 Å². The normalized spacial score (nSPS) is 39.0. The van der Waals surface area contributed by atoms with E-state index in [1.54, 1.807) is 0 Å². The molecule has 1 rings (SSSR count). The molecule has 66 valence electrons.